The molecule has 3 N–H and O–H groups in total. The molecule has 2 rings (SSSR count). The van der Waals surface area contributed by atoms with Crippen LogP contribution in [0.3, 0.4) is 0 Å². The lowest BCUT2D eigenvalue weighted by molar-refractivity contribution is -0.121. The highest BCUT2D eigenvalue weighted by molar-refractivity contribution is 14.0. The number of carbonyl (C=O) groups excluding carboxylic acids is 1. The summed E-state index contributed by atoms with van der Waals surface area (Å²) in [6.45, 7) is 14.2. The Hall–Kier alpha value is -0.910. The van der Waals surface area contributed by atoms with E-state index < -0.39 is 0 Å². The van der Waals surface area contributed by atoms with Crippen LogP contribution in [-0.2, 0) is 9.53 Å². The molecule has 0 radical (unpaired) electrons. The van der Waals surface area contributed by atoms with Gasteiger partial charge in [0, 0.05) is 36.6 Å². The van der Waals surface area contributed by atoms with E-state index in [2.05, 4.69) is 50.3 Å². The second kappa shape index (κ2) is 12.7. The summed E-state index contributed by atoms with van der Waals surface area (Å²) in [5, 5.41) is 11.7. The predicted molar refractivity (Wildman–Crippen MR) is 131 cm³/mol. The maximum atomic E-state index is 12.1. The van der Waals surface area contributed by atoms with Crippen molar-refractivity contribution in [2.45, 2.75) is 52.3 Å². The topological polar surface area (TPSA) is 78.0 Å². The lowest BCUT2D eigenvalue weighted by atomic mass is 10.1. The fourth-order valence-electron chi connectivity index (χ4n) is 3.16. The first-order chi connectivity index (χ1) is 13.3. The highest BCUT2D eigenvalue weighted by atomic mass is 127. The Morgan fingerprint density at radius 3 is 2.76 bits per heavy atom. The van der Waals surface area contributed by atoms with Crippen LogP contribution in [0.4, 0.5) is 0 Å². The fourth-order valence-corrected chi connectivity index (χ4v) is 4.02. The molecule has 0 saturated carbocycles. The molecular weight excluding hydrogens is 501 g/mol. The highest BCUT2D eigenvalue weighted by Crippen LogP contribution is 2.26. The summed E-state index contributed by atoms with van der Waals surface area (Å²) < 4.78 is 5.71. The molecule has 2 heterocycles. The number of carbonyl (C=O) groups is 1. The van der Waals surface area contributed by atoms with Crippen molar-refractivity contribution in [1.29, 1.82) is 0 Å². The Morgan fingerprint density at radius 2 is 2.17 bits per heavy atom. The minimum absolute atomic E-state index is 0. The zero-order valence-corrected chi connectivity index (χ0v) is 21.3. The lowest BCUT2D eigenvalue weighted by Gasteiger charge is -2.37. The molecule has 0 bridgehead atoms. The number of nitrogens with one attached hydrogen (secondary N) is 3. The van der Waals surface area contributed by atoms with Crippen molar-refractivity contribution < 1.29 is 9.53 Å². The predicted octanol–water partition coefficient (Wildman–Crippen LogP) is 2.60. The van der Waals surface area contributed by atoms with Crippen LogP contribution in [0, 0.1) is 0 Å². The molecule has 0 aromatic carbocycles. The van der Waals surface area contributed by atoms with Crippen LogP contribution in [0.5, 0.6) is 0 Å². The summed E-state index contributed by atoms with van der Waals surface area (Å²) in [4.78, 5) is 20.3. The van der Waals surface area contributed by atoms with Gasteiger partial charge in [0.25, 0.3) is 0 Å². The summed E-state index contributed by atoms with van der Waals surface area (Å²) >= 11 is 1.77. The summed E-state index contributed by atoms with van der Waals surface area (Å²) in [7, 11) is 0. The monoisotopic (exact) mass is 537 g/mol. The van der Waals surface area contributed by atoms with Crippen molar-refractivity contribution in [2.24, 2.45) is 4.99 Å². The van der Waals surface area contributed by atoms with Gasteiger partial charge < -0.3 is 20.7 Å². The number of halogens is 1. The molecule has 7 nitrogen and oxygen atoms in total. The number of guanidine groups is 1. The van der Waals surface area contributed by atoms with Crippen molar-refractivity contribution in [3.8, 4) is 0 Å². The quantitative estimate of drug-likeness (QED) is 0.283. The van der Waals surface area contributed by atoms with E-state index in [0.29, 0.717) is 5.96 Å². The molecule has 2 atom stereocenters. The molecule has 1 amide bonds. The van der Waals surface area contributed by atoms with E-state index in [9.17, 15) is 4.79 Å². The molecule has 1 aromatic heterocycles. The SMILES string of the molecule is CCNC(=NCC(=O)NC(C)(C)C)NCC(c1cccs1)N1CCOC(C)C1.I. The van der Waals surface area contributed by atoms with Gasteiger partial charge in [0.2, 0.25) is 5.91 Å². The van der Waals surface area contributed by atoms with Crippen molar-refractivity contribution in [2.75, 3.05) is 39.3 Å². The van der Waals surface area contributed by atoms with Crippen LogP contribution in [0.15, 0.2) is 22.5 Å². The standard InChI is InChI=1S/C20H35N5O2S.HI/c1-6-21-19(23-13-18(26)24-20(3,4)5)22-12-16(17-8-7-11-28-17)25-9-10-27-15(2)14-25;/h7-8,11,15-16H,6,9-10,12-14H2,1-5H3,(H,24,26)(H2,21,22,23);1H. The molecule has 0 spiro atoms. The van der Waals surface area contributed by atoms with Crippen molar-refractivity contribution in [3.05, 3.63) is 22.4 Å². The molecule has 0 aliphatic carbocycles. The molecule has 1 aliphatic heterocycles. The van der Waals surface area contributed by atoms with Gasteiger partial charge in [0.15, 0.2) is 5.96 Å². The molecule has 1 aromatic rings. The Bertz CT molecular complexity index is 633. The van der Waals surface area contributed by atoms with E-state index in [0.717, 1.165) is 32.8 Å². The second-order valence-electron chi connectivity index (χ2n) is 8.08. The Morgan fingerprint density at radius 1 is 1.41 bits per heavy atom. The first-order valence-corrected chi connectivity index (χ1v) is 10.9. The summed E-state index contributed by atoms with van der Waals surface area (Å²) in [6.07, 6.45) is 0.235. The number of hydrogen-bond donors (Lipinski definition) is 3. The zero-order chi connectivity index (χ0) is 20.6. The number of rotatable bonds is 7. The molecule has 29 heavy (non-hydrogen) atoms. The van der Waals surface area contributed by atoms with E-state index in [4.69, 9.17) is 4.74 Å². The number of amides is 1. The number of ether oxygens (including phenoxy) is 1. The Labute approximate surface area is 196 Å². The first-order valence-electron chi connectivity index (χ1n) is 10.0. The third-order valence-corrected chi connectivity index (χ3v) is 5.26. The van der Waals surface area contributed by atoms with E-state index in [1.54, 1.807) is 11.3 Å². The smallest absolute Gasteiger partial charge is 0.242 e. The average Bonchev–Trinajstić information content (AvgIpc) is 3.12. The van der Waals surface area contributed by atoms with Gasteiger partial charge in [-0.3, -0.25) is 9.69 Å². The van der Waals surface area contributed by atoms with Crippen LogP contribution < -0.4 is 16.0 Å². The molecule has 1 saturated heterocycles. The summed E-state index contributed by atoms with van der Waals surface area (Å²) in [5.74, 6) is 0.580. The average molecular weight is 538 g/mol. The molecule has 1 aliphatic rings. The number of thiophene rings is 1. The van der Waals surface area contributed by atoms with Crippen LogP contribution in [0.1, 0.15) is 45.5 Å². The first kappa shape index (κ1) is 26.1. The van der Waals surface area contributed by atoms with Crippen LogP contribution in [-0.4, -0.2) is 67.7 Å². The van der Waals surface area contributed by atoms with Crippen LogP contribution in [0.2, 0.25) is 0 Å². The van der Waals surface area contributed by atoms with Gasteiger partial charge in [-0.15, -0.1) is 35.3 Å². The van der Waals surface area contributed by atoms with Crippen molar-refractivity contribution in [3.63, 3.8) is 0 Å². The van der Waals surface area contributed by atoms with Gasteiger partial charge in [0.05, 0.1) is 18.8 Å². The molecule has 2 unspecified atom stereocenters. The number of morpholine rings is 1. The van der Waals surface area contributed by atoms with Gasteiger partial charge in [-0.05, 0) is 46.1 Å². The van der Waals surface area contributed by atoms with Gasteiger partial charge >= 0.3 is 0 Å². The minimum atomic E-state index is -0.254. The highest BCUT2D eigenvalue weighted by Gasteiger charge is 2.26. The maximum absolute atomic E-state index is 12.1. The van der Waals surface area contributed by atoms with E-state index in [1.165, 1.54) is 4.88 Å². The van der Waals surface area contributed by atoms with Gasteiger partial charge in [-0.1, -0.05) is 6.07 Å². The van der Waals surface area contributed by atoms with E-state index in [-0.39, 0.29) is 54.1 Å². The molecule has 166 valence electrons. The third-order valence-electron chi connectivity index (χ3n) is 4.29. The Kier molecular flexibility index (Phi) is 11.4. The van der Waals surface area contributed by atoms with Gasteiger partial charge in [-0.25, -0.2) is 4.99 Å². The summed E-state index contributed by atoms with van der Waals surface area (Å²) in [6, 6.07) is 4.52. The minimum Gasteiger partial charge on any atom is -0.376 e. The molecule has 1 fully saturated rings. The maximum Gasteiger partial charge on any atom is 0.242 e. The van der Waals surface area contributed by atoms with Gasteiger partial charge in [-0.2, -0.15) is 0 Å². The number of hydrogen-bond acceptors (Lipinski definition) is 5. The van der Waals surface area contributed by atoms with E-state index in [1.807, 2.05) is 27.7 Å². The fraction of sp³-hybridized carbons (Fsp3) is 0.700. The van der Waals surface area contributed by atoms with Gasteiger partial charge in [0.1, 0.15) is 6.54 Å². The third kappa shape index (κ3) is 9.63. The van der Waals surface area contributed by atoms with Crippen LogP contribution >= 0.6 is 35.3 Å². The summed E-state index contributed by atoms with van der Waals surface area (Å²) in [5.41, 5.74) is -0.254. The van der Waals surface area contributed by atoms with Crippen LogP contribution in [0.25, 0.3) is 0 Å². The van der Waals surface area contributed by atoms with Crippen molar-refractivity contribution in [1.82, 2.24) is 20.9 Å². The lowest BCUT2D eigenvalue weighted by Crippen LogP contribution is -2.48. The van der Waals surface area contributed by atoms with E-state index >= 15 is 0 Å². The number of aliphatic imine (C=N–C) groups is 1. The Balaban J connectivity index is 0.00000420. The number of nitrogens with zero attached hydrogens (tertiary/aromatic N) is 2. The molecular formula is C20H36IN5O2S. The second-order valence-corrected chi connectivity index (χ2v) is 9.06. The largest absolute Gasteiger partial charge is 0.376 e. The normalized spacial score (nSPS) is 19.2. The van der Waals surface area contributed by atoms with Crippen molar-refractivity contribution >= 4 is 47.2 Å². The molecule has 9 heteroatoms. The zero-order valence-electron chi connectivity index (χ0n) is 18.2.